The number of piperazine rings is 1. The molecule has 8 nitrogen and oxygen atoms in total. The standard InChI is InChI=1S/C19H25N5O3S/c1-14-5-7-17(15(2)13-14)28(26,27)24-11-9-23(10-12-24)19(25)16-6-8-18(21-20-16)22(3)4/h5-8,13H,9-12H2,1-4H3. The Morgan fingerprint density at radius 1 is 1.00 bits per heavy atom. The van der Waals surface area contributed by atoms with Gasteiger partial charge in [-0.05, 0) is 37.6 Å². The minimum absolute atomic E-state index is 0.235. The lowest BCUT2D eigenvalue weighted by Crippen LogP contribution is -2.50. The highest BCUT2D eigenvalue weighted by Gasteiger charge is 2.31. The van der Waals surface area contributed by atoms with Crippen LogP contribution in [0.5, 0.6) is 0 Å². The Labute approximate surface area is 165 Å². The average molecular weight is 404 g/mol. The first-order valence-corrected chi connectivity index (χ1v) is 10.5. The molecule has 0 spiro atoms. The monoisotopic (exact) mass is 403 g/mol. The summed E-state index contributed by atoms with van der Waals surface area (Å²) in [5.41, 5.74) is 2.01. The van der Waals surface area contributed by atoms with Crippen LogP contribution in [0.2, 0.25) is 0 Å². The normalized spacial score (nSPS) is 15.5. The van der Waals surface area contributed by atoms with Crippen LogP contribution in [-0.4, -0.2) is 74.0 Å². The molecule has 0 radical (unpaired) electrons. The van der Waals surface area contributed by atoms with Gasteiger partial charge in [0, 0.05) is 40.3 Å². The SMILES string of the molecule is Cc1ccc(S(=O)(=O)N2CCN(C(=O)c3ccc(N(C)C)nn3)CC2)c(C)c1. The summed E-state index contributed by atoms with van der Waals surface area (Å²) in [7, 11) is 0.120. The molecular formula is C19H25N5O3S. The van der Waals surface area contributed by atoms with Gasteiger partial charge in [0.2, 0.25) is 10.0 Å². The van der Waals surface area contributed by atoms with Crippen LogP contribution >= 0.6 is 0 Å². The van der Waals surface area contributed by atoms with Crippen molar-refractivity contribution in [2.45, 2.75) is 18.7 Å². The molecule has 0 aliphatic carbocycles. The van der Waals surface area contributed by atoms with Crippen molar-refractivity contribution in [1.29, 1.82) is 0 Å². The van der Waals surface area contributed by atoms with Gasteiger partial charge in [-0.3, -0.25) is 4.79 Å². The minimum Gasteiger partial charge on any atom is -0.361 e. The Hall–Kier alpha value is -2.52. The fourth-order valence-corrected chi connectivity index (χ4v) is 4.83. The van der Waals surface area contributed by atoms with E-state index < -0.39 is 10.0 Å². The molecule has 0 atom stereocenters. The van der Waals surface area contributed by atoms with Gasteiger partial charge in [-0.15, -0.1) is 10.2 Å². The van der Waals surface area contributed by atoms with Gasteiger partial charge in [-0.2, -0.15) is 4.31 Å². The van der Waals surface area contributed by atoms with Crippen LogP contribution in [0.3, 0.4) is 0 Å². The van der Waals surface area contributed by atoms with E-state index in [0.29, 0.717) is 23.8 Å². The summed E-state index contributed by atoms with van der Waals surface area (Å²) >= 11 is 0. The van der Waals surface area contributed by atoms with Crippen LogP contribution in [0.4, 0.5) is 5.82 Å². The summed E-state index contributed by atoms with van der Waals surface area (Å²) < 4.78 is 27.4. The van der Waals surface area contributed by atoms with E-state index in [4.69, 9.17) is 0 Å². The number of anilines is 1. The van der Waals surface area contributed by atoms with E-state index >= 15 is 0 Å². The predicted octanol–water partition coefficient (Wildman–Crippen LogP) is 1.31. The summed E-state index contributed by atoms with van der Waals surface area (Å²) in [5.74, 6) is 0.433. The minimum atomic E-state index is -3.58. The van der Waals surface area contributed by atoms with Crippen molar-refractivity contribution in [3.63, 3.8) is 0 Å². The van der Waals surface area contributed by atoms with Crippen molar-refractivity contribution < 1.29 is 13.2 Å². The molecule has 2 aromatic rings. The molecule has 9 heteroatoms. The summed E-state index contributed by atoms with van der Waals surface area (Å²) in [6, 6.07) is 8.70. The van der Waals surface area contributed by atoms with E-state index in [2.05, 4.69) is 10.2 Å². The van der Waals surface area contributed by atoms with Crippen LogP contribution in [0.1, 0.15) is 21.6 Å². The van der Waals surface area contributed by atoms with Crippen LogP contribution in [0, 0.1) is 13.8 Å². The van der Waals surface area contributed by atoms with Crippen molar-refractivity contribution in [1.82, 2.24) is 19.4 Å². The first kappa shape index (κ1) is 20.2. The Morgan fingerprint density at radius 3 is 2.21 bits per heavy atom. The smallest absolute Gasteiger partial charge is 0.274 e. The molecule has 3 rings (SSSR count). The zero-order valence-corrected chi connectivity index (χ0v) is 17.4. The number of carbonyl (C=O) groups is 1. The third-order valence-corrected chi connectivity index (χ3v) is 6.86. The summed E-state index contributed by atoms with van der Waals surface area (Å²) in [4.78, 5) is 16.4. The van der Waals surface area contributed by atoms with Crippen molar-refractivity contribution in [2.24, 2.45) is 0 Å². The van der Waals surface area contributed by atoms with Gasteiger partial charge in [0.15, 0.2) is 11.5 Å². The predicted molar refractivity (Wildman–Crippen MR) is 107 cm³/mol. The maximum Gasteiger partial charge on any atom is 0.274 e. The molecule has 1 aromatic heterocycles. The second-order valence-electron chi connectivity index (χ2n) is 7.14. The molecule has 1 fully saturated rings. The van der Waals surface area contributed by atoms with Gasteiger partial charge in [0.05, 0.1) is 4.90 Å². The molecule has 28 heavy (non-hydrogen) atoms. The highest BCUT2D eigenvalue weighted by atomic mass is 32.2. The maximum absolute atomic E-state index is 13.0. The zero-order valence-electron chi connectivity index (χ0n) is 16.6. The molecular weight excluding hydrogens is 378 g/mol. The van der Waals surface area contributed by atoms with Gasteiger partial charge in [-0.25, -0.2) is 8.42 Å². The molecule has 1 saturated heterocycles. The molecule has 0 saturated carbocycles. The maximum atomic E-state index is 13.0. The number of benzene rings is 1. The summed E-state index contributed by atoms with van der Waals surface area (Å²) in [6.07, 6.45) is 0. The number of aryl methyl sites for hydroxylation is 2. The molecule has 1 aliphatic rings. The lowest BCUT2D eigenvalue weighted by molar-refractivity contribution is 0.0690. The Bertz CT molecular complexity index is 966. The number of rotatable bonds is 4. The Kier molecular flexibility index (Phi) is 5.66. The Balaban J connectivity index is 1.69. The fraction of sp³-hybridized carbons (Fsp3) is 0.421. The largest absolute Gasteiger partial charge is 0.361 e. The lowest BCUT2D eigenvalue weighted by atomic mass is 10.2. The molecule has 1 aliphatic heterocycles. The van der Waals surface area contributed by atoms with E-state index in [-0.39, 0.29) is 24.7 Å². The van der Waals surface area contributed by atoms with E-state index in [9.17, 15) is 13.2 Å². The van der Waals surface area contributed by atoms with Crippen molar-refractivity contribution in [3.05, 3.63) is 47.2 Å². The third kappa shape index (κ3) is 4.00. The average Bonchev–Trinajstić information content (AvgIpc) is 2.67. The van der Waals surface area contributed by atoms with Crippen LogP contribution in [-0.2, 0) is 10.0 Å². The molecule has 0 unspecified atom stereocenters. The van der Waals surface area contributed by atoms with Gasteiger partial charge in [-0.1, -0.05) is 17.7 Å². The van der Waals surface area contributed by atoms with Gasteiger partial charge >= 0.3 is 0 Å². The zero-order chi connectivity index (χ0) is 20.5. The van der Waals surface area contributed by atoms with Crippen LogP contribution in [0.15, 0.2) is 35.2 Å². The molecule has 1 aromatic carbocycles. The molecule has 0 N–H and O–H groups in total. The van der Waals surface area contributed by atoms with E-state index in [1.54, 1.807) is 41.0 Å². The second-order valence-corrected chi connectivity index (χ2v) is 9.04. The topological polar surface area (TPSA) is 86.7 Å². The van der Waals surface area contributed by atoms with Crippen molar-refractivity contribution >= 4 is 21.7 Å². The third-order valence-electron chi connectivity index (χ3n) is 4.80. The summed E-state index contributed by atoms with van der Waals surface area (Å²) in [6.45, 7) is 4.88. The highest BCUT2D eigenvalue weighted by Crippen LogP contribution is 2.22. The van der Waals surface area contributed by atoms with E-state index in [0.717, 1.165) is 11.1 Å². The van der Waals surface area contributed by atoms with Crippen LogP contribution in [0.25, 0.3) is 0 Å². The Morgan fingerprint density at radius 2 is 1.68 bits per heavy atom. The molecule has 1 amide bonds. The fourth-order valence-electron chi connectivity index (χ4n) is 3.20. The first-order valence-electron chi connectivity index (χ1n) is 9.08. The number of amides is 1. The van der Waals surface area contributed by atoms with Gasteiger partial charge < -0.3 is 9.80 Å². The number of hydrogen-bond donors (Lipinski definition) is 0. The second kappa shape index (κ2) is 7.84. The number of hydrogen-bond acceptors (Lipinski definition) is 6. The number of carbonyl (C=O) groups excluding carboxylic acids is 1. The number of nitrogens with zero attached hydrogens (tertiary/aromatic N) is 5. The first-order chi connectivity index (χ1) is 13.2. The quantitative estimate of drug-likeness (QED) is 0.765. The van der Waals surface area contributed by atoms with Gasteiger partial charge in [0.1, 0.15) is 0 Å². The molecule has 2 heterocycles. The van der Waals surface area contributed by atoms with E-state index in [1.165, 1.54) is 4.31 Å². The highest BCUT2D eigenvalue weighted by molar-refractivity contribution is 7.89. The lowest BCUT2D eigenvalue weighted by Gasteiger charge is -2.34. The van der Waals surface area contributed by atoms with Gasteiger partial charge in [0.25, 0.3) is 5.91 Å². The van der Waals surface area contributed by atoms with Crippen LogP contribution < -0.4 is 4.90 Å². The molecule has 0 bridgehead atoms. The number of sulfonamides is 1. The molecule has 150 valence electrons. The summed E-state index contributed by atoms with van der Waals surface area (Å²) in [5, 5.41) is 8.02. The van der Waals surface area contributed by atoms with Crippen molar-refractivity contribution in [3.8, 4) is 0 Å². The number of aromatic nitrogens is 2. The van der Waals surface area contributed by atoms with E-state index in [1.807, 2.05) is 27.1 Å². The van der Waals surface area contributed by atoms with Crippen molar-refractivity contribution in [2.75, 3.05) is 45.2 Å².